The van der Waals surface area contributed by atoms with Crippen LogP contribution in [0.25, 0.3) is 0 Å². The fraction of sp³-hybridized carbons (Fsp3) is 0.615. The van der Waals surface area contributed by atoms with E-state index in [1.165, 1.54) is 0 Å². The maximum Gasteiger partial charge on any atom is 0.230 e. The number of hydrogen-bond donors (Lipinski definition) is 1. The van der Waals surface area contributed by atoms with Crippen molar-refractivity contribution in [2.45, 2.75) is 26.3 Å². The molecule has 1 fully saturated rings. The van der Waals surface area contributed by atoms with Crippen LogP contribution in [0.2, 0.25) is 0 Å². The number of nitrogens with one attached hydrogen (secondary N) is 1. The Balaban J connectivity index is 1.96. The molecule has 17 heavy (non-hydrogen) atoms. The highest BCUT2D eigenvalue weighted by Gasteiger charge is 2.50. The molecule has 1 aromatic heterocycles. The van der Waals surface area contributed by atoms with Crippen LogP contribution in [0.5, 0.6) is 0 Å². The lowest BCUT2D eigenvalue weighted by Crippen LogP contribution is -2.38. The van der Waals surface area contributed by atoms with Crippen LogP contribution in [-0.4, -0.2) is 31.4 Å². The summed E-state index contributed by atoms with van der Waals surface area (Å²) < 4.78 is 5.49. The van der Waals surface area contributed by atoms with Crippen LogP contribution < -0.4 is 5.32 Å². The number of hydrogen-bond acceptors (Lipinski definition) is 3. The van der Waals surface area contributed by atoms with Gasteiger partial charge in [0.2, 0.25) is 5.91 Å². The van der Waals surface area contributed by atoms with Crippen molar-refractivity contribution in [3.63, 3.8) is 0 Å². The number of amides is 1. The molecule has 0 aliphatic heterocycles. The minimum Gasteiger partial charge on any atom is -0.464 e. The summed E-state index contributed by atoms with van der Waals surface area (Å²) in [6.07, 6.45) is 1.99. The van der Waals surface area contributed by atoms with E-state index in [0.29, 0.717) is 6.54 Å². The molecule has 1 aromatic rings. The summed E-state index contributed by atoms with van der Waals surface area (Å²) in [5.74, 6) is 1.96. The van der Waals surface area contributed by atoms with Crippen molar-refractivity contribution in [2.24, 2.45) is 5.41 Å². The first kappa shape index (κ1) is 12.2. The third kappa shape index (κ3) is 2.52. The van der Waals surface area contributed by atoms with E-state index >= 15 is 0 Å². The van der Waals surface area contributed by atoms with Gasteiger partial charge in [-0.25, -0.2) is 0 Å². The number of aryl methyl sites for hydroxylation is 1. The van der Waals surface area contributed by atoms with Gasteiger partial charge in [0.1, 0.15) is 11.5 Å². The molecule has 0 atom stereocenters. The average molecular weight is 236 g/mol. The maximum absolute atomic E-state index is 12.3. The topological polar surface area (TPSA) is 45.5 Å². The van der Waals surface area contributed by atoms with Crippen molar-refractivity contribution in [3.05, 3.63) is 23.7 Å². The summed E-state index contributed by atoms with van der Waals surface area (Å²) in [7, 11) is 3.74. The Labute approximate surface area is 102 Å². The monoisotopic (exact) mass is 236 g/mol. The van der Waals surface area contributed by atoms with Crippen LogP contribution in [0.3, 0.4) is 0 Å². The SMILES string of the molecule is CNCC1(C(=O)N(C)Cc2ccc(C)o2)CC1. The van der Waals surface area contributed by atoms with E-state index in [9.17, 15) is 4.79 Å². The fourth-order valence-electron chi connectivity index (χ4n) is 2.24. The van der Waals surface area contributed by atoms with Gasteiger partial charge in [-0.05, 0) is 38.9 Å². The van der Waals surface area contributed by atoms with Gasteiger partial charge in [-0.15, -0.1) is 0 Å². The lowest BCUT2D eigenvalue weighted by atomic mass is 10.1. The molecular formula is C13H20N2O2. The van der Waals surface area contributed by atoms with Crippen LogP contribution in [0.1, 0.15) is 24.4 Å². The maximum atomic E-state index is 12.3. The molecule has 0 radical (unpaired) electrons. The van der Waals surface area contributed by atoms with E-state index in [4.69, 9.17) is 4.42 Å². The Morgan fingerprint density at radius 3 is 2.71 bits per heavy atom. The van der Waals surface area contributed by atoms with Crippen molar-refractivity contribution < 1.29 is 9.21 Å². The summed E-state index contributed by atoms with van der Waals surface area (Å²) >= 11 is 0. The van der Waals surface area contributed by atoms with Gasteiger partial charge in [0.05, 0.1) is 12.0 Å². The summed E-state index contributed by atoms with van der Waals surface area (Å²) in [6.45, 7) is 3.24. The summed E-state index contributed by atoms with van der Waals surface area (Å²) in [4.78, 5) is 14.0. The molecule has 0 unspecified atom stereocenters. The molecule has 1 heterocycles. The Kier molecular flexibility index (Phi) is 3.24. The molecule has 1 aliphatic rings. The van der Waals surface area contributed by atoms with E-state index in [-0.39, 0.29) is 11.3 Å². The van der Waals surface area contributed by atoms with E-state index in [1.54, 1.807) is 4.90 Å². The van der Waals surface area contributed by atoms with Crippen molar-refractivity contribution in [1.82, 2.24) is 10.2 Å². The average Bonchev–Trinajstić information content (AvgIpc) is 2.96. The lowest BCUT2D eigenvalue weighted by molar-refractivity contribution is -0.136. The third-order valence-electron chi connectivity index (χ3n) is 3.36. The van der Waals surface area contributed by atoms with Gasteiger partial charge in [0.15, 0.2) is 0 Å². The molecule has 4 heteroatoms. The molecule has 1 saturated carbocycles. The molecule has 1 amide bonds. The first-order valence-electron chi connectivity index (χ1n) is 6.03. The highest BCUT2D eigenvalue weighted by molar-refractivity contribution is 5.85. The number of furan rings is 1. The van der Waals surface area contributed by atoms with Crippen molar-refractivity contribution in [3.8, 4) is 0 Å². The van der Waals surface area contributed by atoms with Crippen molar-refractivity contribution in [2.75, 3.05) is 20.6 Å². The van der Waals surface area contributed by atoms with E-state index < -0.39 is 0 Å². The molecule has 4 nitrogen and oxygen atoms in total. The molecule has 1 aliphatic carbocycles. The molecule has 0 aromatic carbocycles. The van der Waals surface area contributed by atoms with E-state index in [2.05, 4.69) is 5.32 Å². The Morgan fingerprint density at radius 1 is 1.53 bits per heavy atom. The predicted octanol–water partition coefficient (Wildman–Crippen LogP) is 1.55. The lowest BCUT2D eigenvalue weighted by Gasteiger charge is -2.22. The first-order valence-corrected chi connectivity index (χ1v) is 6.03. The van der Waals surface area contributed by atoms with Crippen LogP contribution in [0.15, 0.2) is 16.5 Å². The van der Waals surface area contributed by atoms with E-state index in [1.807, 2.05) is 33.2 Å². The molecular weight excluding hydrogens is 216 g/mol. The number of carbonyl (C=O) groups is 1. The van der Waals surface area contributed by atoms with E-state index in [0.717, 1.165) is 30.9 Å². The summed E-state index contributed by atoms with van der Waals surface area (Å²) in [5.41, 5.74) is -0.148. The standard InChI is InChI=1S/C13H20N2O2/c1-10-4-5-11(17-10)8-15(3)12(16)13(6-7-13)9-14-2/h4-5,14H,6-9H2,1-3H3. The Bertz CT molecular complexity index is 407. The number of carbonyl (C=O) groups excluding carboxylic acids is 1. The molecule has 0 bridgehead atoms. The Hall–Kier alpha value is -1.29. The smallest absolute Gasteiger partial charge is 0.230 e. The van der Waals surface area contributed by atoms with Crippen LogP contribution in [0, 0.1) is 12.3 Å². The highest BCUT2D eigenvalue weighted by atomic mass is 16.3. The van der Waals surface area contributed by atoms with Crippen molar-refractivity contribution >= 4 is 5.91 Å². The van der Waals surface area contributed by atoms with Gasteiger partial charge in [0.25, 0.3) is 0 Å². The van der Waals surface area contributed by atoms with Gasteiger partial charge in [-0.3, -0.25) is 4.79 Å². The normalized spacial score (nSPS) is 16.9. The summed E-state index contributed by atoms with van der Waals surface area (Å²) in [6, 6.07) is 3.85. The van der Waals surface area contributed by atoms with Crippen LogP contribution >= 0.6 is 0 Å². The predicted molar refractivity (Wildman–Crippen MR) is 65.5 cm³/mol. The molecule has 0 spiro atoms. The second-order valence-corrected chi connectivity index (χ2v) is 4.98. The van der Waals surface area contributed by atoms with Crippen LogP contribution in [0.4, 0.5) is 0 Å². The second-order valence-electron chi connectivity index (χ2n) is 4.98. The summed E-state index contributed by atoms with van der Waals surface area (Å²) in [5, 5.41) is 3.10. The molecule has 94 valence electrons. The van der Waals surface area contributed by atoms with Gasteiger partial charge < -0.3 is 14.6 Å². The quantitative estimate of drug-likeness (QED) is 0.843. The fourth-order valence-corrected chi connectivity index (χ4v) is 2.24. The number of nitrogens with zero attached hydrogens (tertiary/aromatic N) is 1. The minimum atomic E-state index is -0.148. The first-order chi connectivity index (χ1) is 8.07. The largest absolute Gasteiger partial charge is 0.464 e. The van der Waals surface area contributed by atoms with Crippen LogP contribution in [-0.2, 0) is 11.3 Å². The zero-order valence-corrected chi connectivity index (χ0v) is 10.7. The highest BCUT2D eigenvalue weighted by Crippen LogP contribution is 2.46. The van der Waals surface area contributed by atoms with Gasteiger partial charge in [0, 0.05) is 13.6 Å². The molecule has 0 saturated heterocycles. The number of rotatable bonds is 5. The zero-order valence-electron chi connectivity index (χ0n) is 10.7. The third-order valence-corrected chi connectivity index (χ3v) is 3.36. The molecule has 2 rings (SSSR count). The Morgan fingerprint density at radius 2 is 2.24 bits per heavy atom. The van der Waals surface area contributed by atoms with Gasteiger partial charge in [-0.1, -0.05) is 0 Å². The van der Waals surface area contributed by atoms with Gasteiger partial charge in [-0.2, -0.15) is 0 Å². The molecule has 1 N–H and O–H groups in total. The minimum absolute atomic E-state index is 0.148. The van der Waals surface area contributed by atoms with Gasteiger partial charge >= 0.3 is 0 Å². The zero-order chi connectivity index (χ0) is 12.5. The van der Waals surface area contributed by atoms with Crippen molar-refractivity contribution in [1.29, 1.82) is 0 Å². The second kappa shape index (κ2) is 4.53.